The molecule has 26 heavy (non-hydrogen) atoms. The molecule has 1 heterocycles. The minimum atomic E-state index is -0.990. The molecule has 134 valence electrons. The number of nitrogens with one attached hydrogen (secondary N) is 2. The molecule has 1 amide bonds. The van der Waals surface area contributed by atoms with E-state index in [1.165, 1.54) is 11.6 Å². The predicted molar refractivity (Wildman–Crippen MR) is 102 cm³/mol. The Labute approximate surface area is 152 Å². The van der Waals surface area contributed by atoms with Crippen LogP contribution < -0.4 is 10.6 Å². The minimum Gasteiger partial charge on any atom is -0.478 e. The second-order valence-corrected chi connectivity index (χ2v) is 6.39. The lowest BCUT2D eigenvalue weighted by atomic mass is 9.90. The van der Waals surface area contributed by atoms with Gasteiger partial charge in [-0.15, -0.1) is 0 Å². The third kappa shape index (κ3) is 4.80. The van der Waals surface area contributed by atoms with Crippen molar-refractivity contribution in [1.82, 2.24) is 5.32 Å². The molecule has 2 aromatic carbocycles. The fourth-order valence-electron chi connectivity index (χ4n) is 3.11. The third-order valence-electron chi connectivity index (χ3n) is 4.57. The number of amides is 1. The molecule has 0 spiro atoms. The van der Waals surface area contributed by atoms with E-state index < -0.39 is 5.97 Å². The fourth-order valence-corrected chi connectivity index (χ4v) is 3.11. The van der Waals surface area contributed by atoms with Gasteiger partial charge < -0.3 is 15.7 Å². The number of hydrogen-bond donors (Lipinski definition) is 3. The Morgan fingerprint density at radius 2 is 1.65 bits per heavy atom. The van der Waals surface area contributed by atoms with Gasteiger partial charge in [0.05, 0.1) is 0 Å². The zero-order chi connectivity index (χ0) is 18.4. The molecule has 0 unspecified atom stereocenters. The zero-order valence-electron chi connectivity index (χ0n) is 14.4. The van der Waals surface area contributed by atoms with Crippen LogP contribution in [0, 0.1) is 0 Å². The van der Waals surface area contributed by atoms with Crippen molar-refractivity contribution < 1.29 is 14.7 Å². The minimum absolute atomic E-state index is 0.157. The number of rotatable bonds is 5. The molecular formula is C21H22N2O3. The first kappa shape index (κ1) is 17.9. The Bertz CT molecular complexity index is 789. The maximum absolute atomic E-state index is 12.4. The summed E-state index contributed by atoms with van der Waals surface area (Å²) in [5, 5.41) is 14.9. The lowest BCUT2D eigenvalue weighted by molar-refractivity contribution is -0.131. The van der Waals surface area contributed by atoms with Gasteiger partial charge in [-0.2, -0.15) is 0 Å². The Morgan fingerprint density at radius 3 is 2.27 bits per heavy atom. The Kier molecular flexibility index (Phi) is 5.81. The number of aliphatic carboxylic acids is 1. The van der Waals surface area contributed by atoms with Crippen molar-refractivity contribution in [3.63, 3.8) is 0 Å². The highest BCUT2D eigenvalue weighted by atomic mass is 16.4. The lowest BCUT2D eigenvalue weighted by Gasteiger charge is -2.23. The number of carboxylic acid groups (broad SMARTS) is 1. The molecule has 0 aromatic heterocycles. The van der Waals surface area contributed by atoms with E-state index in [1.54, 1.807) is 24.3 Å². The van der Waals surface area contributed by atoms with Crippen molar-refractivity contribution in [1.29, 1.82) is 0 Å². The molecule has 0 aliphatic carbocycles. The van der Waals surface area contributed by atoms with Crippen molar-refractivity contribution in [3.8, 4) is 0 Å². The molecule has 1 saturated heterocycles. The summed E-state index contributed by atoms with van der Waals surface area (Å²) < 4.78 is 0. The molecule has 3 N–H and O–H groups in total. The number of carbonyl (C=O) groups is 2. The summed E-state index contributed by atoms with van der Waals surface area (Å²) >= 11 is 0. The molecular weight excluding hydrogens is 328 g/mol. The largest absolute Gasteiger partial charge is 0.478 e. The van der Waals surface area contributed by atoms with Gasteiger partial charge in [-0.25, -0.2) is 4.79 Å². The number of carbonyl (C=O) groups excluding carboxylic acids is 1. The number of benzene rings is 2. The molecule has 0 atom stereocenters. The van der Waals surface area contributed by atoms with Crippen molar-refractivity contribution in [2.45, 2.75) is 18.8 Å². The van der Waals surface area contributed by atoms with Gasteiger partial charge in [0.15, 0.2) is 0 Å². The molecule has 5 nitrogen and oxygen atoms in total. The SMILES string of the molecule is O=C(O)C=Cc1ccc(NC(=O)c2ccc(C3CCNCC3)cc2)cc1. The number of anilines is 1. The van der Waals surface area contributed by atoms with E-state index >= 15 is 0 Å². The number of carboxylic acids is 1. The standard InChI is InChI=1S/C21H22N2O3/c24-20(25)10-3-15-1-8-19(9-2-15)23-21(26)18-6-4-16(5-7-18)17-11-13-22-14-12-17/h1-10,17,22H,11-14H2,(H,23,26)(H,24,25). The first-order chi connectivity index (χ1) is 12.6. The third-order valence-corrected chi connectivity index (χ3v) is 4.57. The Morgan fingerprint density at radius 1 is 1.00 bits per heavy atom. The van der Waals surface area contributed by atoms with E-state index in [4.69, 9.17) is 5.11 Å². The molecule has 5 heteroatoms. The van der Waals surface area contributed by atoms with Gasteiger partial charge in [0, 0.05) is 17.3 Å². The molecule has 3 rings (SSSR count). The van der Waals surface area contributed by atoms with Crippen LogP contribution in [0.2, 0.25) is 0 Å². The maximum atomic E-state index is 12.4. The van der Waals surface area contributed by atoms with Crippen LogP contribution in [0.15, 0.2) is 54.6 Å². The fraction of sp³-hybridized carbons (Fsp3) is 0.238. The average Bonchev–Trinajstić information content (AvgIpc) is 2.68. The van der Waals surface area contributed by atoms with Crippen molar-refractivity contribution >= 4 is 23.6 Å². The normalized spacial score (nSPS) is 15.1. The van der Waals surface area contributed by atoms with E-state index in [9.17, 15) is 9.59 Å². The quantitative estimate of drug-likeness (QED) is 0.721. The van der Waals surface area contributed by atoms with Crippen molar-refractivity contribution in [3.05, 3.63) is 71.3 Å². The maximum Gasteiger partial charge on any atom is 0.328 e. The highest BCUT2D eigenvalue weighted by molar-refractivity contribution is 6.04. The summed E-state index contributed by atoms with van der Waals surface area (Å²) in [7, 11) is 0. The van der Waals surface area contributed by atoms with Gasteiger partial charge in [-0.3, -0.25) is 4.79 Å². The molecule has 0 saturated carbocycles. The second kappa shape index (κ2) is 8.45. The molecule has 0 bridgehead atoms. The summed E-state index contributed by atoms with van der Waals surface area (Å²) in [5.74, 6) is -0.578. The summed E-state index contributed by atoms with van der Waals surface area (Å²) in [4.78, 5) is 22.9. The van der Waals surface area contributed by atoms with Crippen LogP contribution >= 0.6 is 0 Å². The molecule has 1 fully saturated rings. The van der Waals surface area contributed by atoms with Gasteiger partial charge >= 0.3 is 5.97 Å². The van der Waals surface area contributed by atoms with Crippen LogP contribution in [0.25, 0.3) is 6.08 Å². The van der Waals surface area contributed by atoms with Crippen LogP contribution in [0.3, 0.4) is 0 Å². The average molecular weight is 350 g/mol. The number of hydrogen-bond acceptors (Lipinski definition) is 3. The summed E-state index contributed by atoms with van der Waals surface area (Å²) in [6.45, 7) is 2.09. The van der Waals surface area contributed by atoms with Gasteiger partial charge in [0.2, 0.25) is 0 Å². The molecule has 2 aromatic rings. The zero-order valence-corrected chi connectivity index (χ0v) is 14.4. The monoisotopic (exact) mass is 350 g/mol. The molecule has 1 aliphatic rings. The second-order valence-electron chi connectivity index (χ2n) is 6.39. The lowest BCUT2D eigenvalue weighted by Crippen LogP contribution is -2.26. The van der Waals surface area contributed by atoms with E-state index in [-0.39, 0.29) is 5.91 Å². The topological polar surface area (TPSA) is 78.4 Å². The van der Waals surface area contributed by atoms with Crippen LogP contribution in [0.4, 0.5) is 5.69 Å². The summed E-state index contributed by atoms with van der Waals surface area (Å²) in [5.41, 5.74) is 3.34. The predicted octanol–water partition coefficient (Wildman–Crippen LogP) is 3.50. The Hall–Kier alpha value is -2.92. The first-order valence-corrected chi connectivity index (χ1v) is 8.75. The van der Waals surface area contributed by atoms with E-state index in [1.807, 2.05) is 24.3 Å². The highest BCUT2D eigenvalue weighted by Gasteiger charge is 2.15. The van der Waals surface area contributed by atoms with Gasteiger partial charge in [-0.05, 0) is 73.3 Å². The molecule has 1 aliphatic heterocycles. The van der Waals surface area contributed by atoms with Crippen LogP contribution in [-0.2, 0) is 4.79 Å². The van der Waals surface area contributed by atoms with Gasteiger partial charge in [0.25, 0.3) is 5.91 Å². The summed E-state index contributed by atoms with van der Waals surface area (Å²) in [6, 6.07) is 14.9. The van der Waals surface area contributed by atoms with E-state index in [0.29, 0.717) is 17.2 Å². The van der Waals surface area contributed by atoms with Gasteiger partial charge in [-0.1, -0.05) is 24.3 Å². The van der Waals surface area contributed by atoms with Crippen LogP contribution in [0.5, 0.6) is 0 Å². The highest BCUT2D eigenvalue weighted by Crippen LogP contribution is 2.25. The van der Waals surface area contributed by atoms with Crippen LogP contribution in [0.1, 0.15) is 40.2 Å². The van der Waals surface area contributed by atoms with Crippen LogP contribution in [-0.4, -0.2) is 30.1 Å². The van der Waals surface area contributed by atoms with Gasteiger partial charge in [0.1, 0.15) is 0 Å². The van der Waals surface area contributed by atoms with E-state index in [0.717, 1.165) is 37.6 Å². The first-order valence-electron chi connectivity index (χ1n) is 8.75. The van der Waals surface area contributed by atoms with Crippen molar-refractivity contribution in [2.24, 2.45) is 0 Å². The summed E-state index contributed by atoms with van der Waals surface area (Å²) in [6.07, 6.45) is 4.85. The molecule has 0 radical (unpaired) electrons. The van der Waals surface area contributed by atoms with E-state index in [2.05, 4.69) is 10.6 Å². The Balaban J connectivity index is 1.61. The van der Waals surface area contributed by atoms with Crippen molar-refractivity contribution in [2.75, 3.05) is 18.4 Å². The smallest absolute Gasteiger partial charge is 0.328 e. The number of piperidine rings is 1.